The lowest BCUT2D eigenvalue weighted by Crippen LogP contribution is -2.43. The van der Waals surface area contributed by atoms with Crippen molar-refractivity contribution in [1.29, 1.82) is 0 Å². The summed E-state index contributed by atoms with van der Waals surface area (Å²) in [5.74, 6) is -0.0717. The summed E-state index contributed by atoms with van der Waals surface area (Å²) in [6.45, 7) is 8.40. The first-order valence-electron chi connectivity index (χ1n) is 6.56. The average Bonchev–Trinajstić information content (AvgIpc) is 2.38. The number of benzene rings is 1. The molecular weight excluding hydrogens is 240 g/mol. The van der Waals surface area contributed by atoms with Crippen molar-refractivity contribution < 1.29 is 9.90 Å². The van der Waals surface area contributed by atoms with Gasteiger partial charge in [-0.05, 0) is 26.0 Å². The lowest BCUT2D eigenvalue weighted by molar-refractivity contribution is -0.117. The van der Waals surface area contributed by atoms with Crippen LogP contribution in [0.2, 0.25) is 0 Å². The molecule has 0 unspecified atom stereocenters. The van der Waals surface area contributed by atoms with Crippen LogP contribution in [0.4, 0.5) is 5.69 Å². The second-order valence-corrected chi connectivity index (χ2v) is 5.78. The first-order valence-corrected chi connectivity index (χ1v) is 6.56. The number of aryl methyl sites for hydroxylation is 1. The number of carbonyl (C=O) groups excluding carboxylic acids is 1. The summed E-state index contributed by atoms with van der Waals surface area (Å²) >= 11 is 0. The summed E-state index contributed by atoms with van der Waals surface area (Å²) in [6, 6.07) is 7.40. The van der Waals surface area contributed by atoms with Crippen LogP contribution in [0, 0.1) is 12.3 Å². The van der Waals surface area contributed by atoms with E-state index >= 15 is 0 Å². The Morgan fingerprint density at radius 2 is 1.89 bits per heavy atom. The number of aliphatic hydroxyl groups excluding tert-OH is 1. The van der Waals surface area contributed by atoms with Crippen LogP contribution in [0.1, 0.15) is 26.3 Å². The highest BCUT2D eigenvalue weighted by atomic mass is 16.3. The van der Waals surface area contributed by atoms with Gasteiger partial charge in [-0.25, -0.2) is 0 Å². The molecule has 106 valence electrons. The van der Waals surface area contributed by atoms with Crippen molar-refractivity contribution in [2.24, 2.45) is 5.41 Å². The van der Waals surface area contributed by atoms with E-state index in [0.717, 1.165) is 11.3 Å². The zero-order valence-electron chi connectivity index (χ0n) is 12.2. The van der Waals surface area contributed by atoms with Gasteiger partial charge in [-0.15, -0.1) is 0 Å². The fourth-order valence-electron chi connectivity index (χ4n) is 1.47. The summed E-state index contributed by atoms with van der Waals surface area (Å²) in [7, 11) is 0. The number of rotatable bonds is 6. The Hall–Kier alpha value is -1.39. The number of amides is 1. The van der Waals surface area contributed by atoms with Crippen molar-refractivity contribution in [3.8, 4) is 0 Å². The van der Waals surface area contributed by atoms with Gasteiger partial charge in [0, 0.05) is 24.3 Å². The van der Waals surface area contributed by atoms with Crippen molar-refractivity contribution >= 4 is 11.6 Å². The molecule has 1 aromatic rings. The molecule has 19 heavy (non-hydrogen) atoms. The maximum absolute atomic E-state index is 12.0. The van der Waals surface area contributed by atoms with Crippen LogP contribution in [-0.2, 0) is 4.79 Å². The molecule has 0 saturated heterocycles. The molecule has 0 fully saturated rings. The molecule has 1 amide bonds. The third-order valence-corrected chi connectivity index (χ3v) is 3.03. The number of carbonyl (C=O) groups is 1. The van der Waals surface area contributed by atoms with Crippen LogP contribution in [0.15, 0.2) is 24.3 Å². The Balaban J connectivity index is 2.47. The molecule has 0 spiro atoms. The standard InChI is InChI=1S/C15H24N2O2/c1-11-5-7-13(8-6-11)17-14(19)12(2)16-9-15(3,4)10-18/h5-8,12,16,18H,9-10H2,1-4H3,(H,17,19)/t12-/m1/s1. The van der Waals surface area contributed by atoms with E-state index in [4.69, 9.17) is 5.11 Å². The van der Waals surface area contributed by atoms with Crippen molar-refractivity contribution in [3.05, 3.63) is 29.8 Å². The van der Waals surface area contributed by atoms with E-state index in [2.05, 4.69) is 10.6 Å². The van der Waals surface area contributed by atoms with Gasteiger partial charge in [0.15, 0.2) is 0 Å². The van der Waals surface area contributed by atoms with E-state index in [1.165, 1.54) is 0 Å². The largest absolute Gasteiger partial charge is 0.396 e. The molecule has 4 heteroatoms. The molecule has 0 radical (unpaired) electrons. The van der Waals surface area contributed by atoms with Crippen LogP contribution in [-0.4, -0.2) is 30.2 Å². The van der Waals surface area contributed by atoms with E-state index in [-0.39, 0.29) is 24.0 Å². The van der Waals surface area contributed by atoms with Crippen molar-refractivity contribution in [1.82, 2.24) is 5.32 Å². The zero-order chi connectivity index (χ0) is 14.5. The number of nitrogens with one attached hydrogen (secondary N) is 2. The Morgan fingerprint density at radius 1 is 1.32 bits per heavy atom. The summed E-state index contributed by atoms with van der Waals surface area (Å²) in [5, 5.41) is 15.2. The normalized spacial score (nSPS) is 13.1. The highest BCUT2D eigenvalue weighted by molar-refractivity contribution is 5.94. The molecule has 0 aliphatic heterocycles. The van der Waals surface area contributed by atoms with Gasteiger partial charge in [0.2, 0.25) is 5.91 Å². The maximum atomic E-state index is 12.0. The van der Waals surface area contributed by atoms with Gasteiger partial charge < -0.3 is 15.7 Å². The van der Waals surface area contributed by atoms with Crippen LogP contribution in [0.3, 0.4) is 0 Å². The summed E-state index contributed by atoms with van der Waals surface area (Å²) in [5.41, 5.74) is 1.73. The fourth-order valence-corrected chi connectivity index (χ4v) is 1.47. The van der Waals surface area contributed by atoms with Crippen LogP contribution in [0.5, 0.6) is 0 Å². The van der Waals surface area contributed by atoms with Gasteiger partial charge >= 0.3 is 0 Å². The summed E-state index contributed by atoms with van der Waals surface area (Å²) < 4.78 is 0. The molecule has 3 N–H and O–H groups in total. The molecule has 0 heterocycles. The van der Waals surface area contributed by atoms with Crippen molar-refractivity contribution in [2.45, 2.75) is 33.7 Å². The summed E-state index contributed by atoms with van der Waals surface area (Å²) in [6.07, 6.45) is 0. The van der Waals surface area contributed by atoms with E-state index in [9.17, 15) is 4.79 Å². The second kappa shape index (κ2) is 6.68. The highest BCUT2D eigenvalue weighted by Gasteiger charge is 2.19. The lowest BCUT2D eigenvalue weighted by Gasteiger charge is -2.24. The molecule has 1 aromatic carbocycles. The van der Waals surface area contributed by atoms with Gasteiger partial charge in [-0.1, -0.05) is 31.5 Å². The number of anilines is 1. The predicted molar refractivity (Wildman–Crippen MR) is 78.1 cm³/mol. The first-order chi connectivity index (χ1) is 8.84. The third kappa shape index (κ3) is 5.41. The Kier molecular flexibility index (Phi) is 5.51. The minimum absolute atomic E-state index is 0.0717. The Labute approximate surface area is 115 Å². The number of aliphatic hydroxyl groups is 1. The number of hydrogen-bond acceptors (Lipinski definition) is 3. The van der Waals surface area contributed by atoms with Gasteiger partial charge in [-0.3, -0.25) is 4.79 Å². The smallest absolute Gasteiger partial charge is 0.241 e. The lowest BCUT2D eigenvalue weighted by atomic mass is 9.94. The molecule has 1 rings (SSSR count). The zero-order valence-corrected chi connectivity index (χ0v) is 12.2. The van der Waals surface area contributed by atoms with Gasteiger partial charge in [0.1, 0.15) is 0 Å². The van der Waals surface area contributed by atoms with E-state index in [0.29, 0.717) is 6.54 Å². The van der Waals surface area contributed by atoms with Crippen LogP contribution < -0.4 is 10.6 Å². The minimum Gasteiger partial charge on any atom is -0.396 e. The SMILES string of the molecule is Cc1ccc(NC(=O)[C@@H](C)NCC(C)(C)CO)cc1. The molecular formula is C15H24N2O2. The van der Waals surface area contributed by atoms with Gasteiger partial charge in [0.05, 0.1) is 6.04 Å². The van der Waals surface area contributed by atoms with Gasteiger partial charge in [0.25, 0.3) is 0 Å². The second-order valence-electron chi connectivity index (χ2n) is 5.78. The molecule has 0 aliphatic rings. The van der Waals surface area contributed by atoms with Crippen molar-refractivity contribution in [2.75, 3.05) is 18.5 Å². The van der Waals surface area contributed by atoms with Crippen LogP contribution >= 0.6 is 0 Å². The van der Waals surface area contributed by atoms with E-state index in [1.54, 1.807) is 0 Å². The molecule has 4 nitrogen and oxygen atoms in total. The Bertz CT molecular complexity index is 413. The van der Waals surface area contributed by atoms with Gasteiger partial charge in [-0.2, -0.15) is 0 Å². The van der Waals surface area contributed by atoms with E-state index < -0.39 is 0 Å². The first kappa shape index (κ1) is 15.7. The Morgan fingerprint density at radius 3 is 2.42 bits per heavy atom. The number of hydrogen-bond donors (Lipinski definition) is 3. The summed E-state index contributed by atoms with van der Waals surface area (Å²) in [4.78, 5) is 12.0. The molecule has 0 saturated carbocycles. The highest BCUT2D eigenvalue weighted by Crippen LogP contribution is 2.12. The van der Waals surface area contributed by atoms with E-state index in [1.807, 2.05) is 52.0 Å². The molecule has 0 bridgehead atoms. The maximum Gasteiger partial charge on any atom is 0.241 e. The fraction of sp³-hybridized carbons (Fsp3) is 0.533. The molecule has 1 atom stereocenters. The topological polar surface area (TPSA) is 61.4 Å². The molecule has 0 aromatic heterocycles. The minimum atomic E-state index is -0.299. The average molecular weight is 264 g/mol. The monoisotopic (exact) mass is 264 g/mol. The van der Waals surface area contributed by atoms with Crippen molar-refractivity contribution in [3.63, 3.8) is 0 Å². The predicted octanol–water partition coefficient (Wildman–Crippen LogP) is 1.93. The quantitative estimate of drug-likeness (QED) is 0.735. The van der Waals surface area contributed by atoms with Crippen LogP contribution in [0.25, 0.3) is 0 Å². The third-order valence-electron chi connectivity index (χ3n) is 3.03. The molecule has 0 aliphatic carbocycles.